The first kappa shape index (κ1) is 26.5. The van der Waals surface area contributed by atoms with Gasteiger partial charge in [-0.3, -0.25) is 4.90 Å². The summed E-state index contributed by atoms with van der Waals surface area (Å²) in [5.41, 5.74) is 7.65. The quantitative estimate of drug-likeness (QED) is 0.377. The first-order chi connectivity index (χ1) is 18.1. The number of carboxylic acid groups (broad SMARTS) is 1. The summed E-state index contributed by atoms with van der Waals surface area (Å²) in [5, 5.41) is 9.30. The van der Waals surface area contributed by atoms with Crippen LogP contribution in [0.3, 0.4) is 0 Å². The molecule has 0 aromatic heterocycles. The van der Waals surface area contributed by atoms with Crippen LogP contribution in [0.2, 0.25) is 0 Å². The number of benzene rings is 3. The minimum absolute atomic E-state index is 0.114. The monoisotopic (exact) mass is 513 g/mol. The molecule has 1 aliphatic heterocycles. The maximum atomic E-state index is 11.3. The van der Waals surface area contributed by atoms with Crippen molar-refractivity contribution in [1.82, 2.24) is 4.90 Å². The van der Waals surface area contributed by atoms with Gasteiger partial charge in [-0.25, -0.2) is 4.79 Å². The molecular weight excluding hydrogens is 474 g/mol. The van der Waals surface area contributed by atoms with E-state index in [1.807, 2.05) is 12.1 Å². The molecular formula is C33H39NO4. The predicted octanol–water partition coefficient (Wildman–Crippen LogP) is 6.78. The standard InChI is InChI=1S/C33H39NO4/c1-32(2)13-14-33(3,4)29-22-26(9-11-28(29)32)27-21-25(23-5-7-24(8-6-23)31(35)36)10-12-30(27)38-20-17-34-15-18-37-19-16-34/h5-12,21-22H,13-20H2,1-4H3,(H,35,36). The Labute approximate surface area is 226 Å². The van der Waals surface area contributed by atoms with Gasteiger partial charge in [-0.15, -0.1) is 0 Å². The normalized spacial score (nSPS) is 18.5. The summed E-state index contributed by atoms with van der Waals surface area (Å²) in [6.07, 6.45) is 2.35. The number of carboxylic acids is 1. The Kier molecular flexibility index (Phi) is 7.34. The van der Waals surface area contributed by atoms with Crippen molar-refractivity contribution < 1.29 is 19.4 Å². The second-order valence-corrected chi connectivity index (χ2v) is 11.9. The van der Waals surface area contributed by atoms with E-state index in [9.17, 15) is 9.90 Å². The molecule has 0 amide bonds. The number of nitrogens with zero attached hydrogens (tertiary/aromatic N) is 1. The van der Waals surface area contributed by atoms with Gasteiger partial charge in [0.2, 0.25) is 0 Å². The zero-order chi connectivity index (χ0) is 26.9. The minimum atomic E-state index is -0.916. The molecule has 38 heavy (non-hydrogen) atoms. The number of aromatic carboxylic acids is 1. The highest BCUT2D eigenvalue weighted by Crippen LogP contribution is 2.47. The first-order valence-corrected chi connectivity index (χ1v) is 13.7. The molecule has 1 saturated heterocycles. The van der Waals surface area contributed by atoms with Gasteiger partial charge in [0, 0.05) is 25.2 Å². The second kappa shape index (κ2) is 10.5. The fourth-order valence-corrected chi connectivity index (χ4v) is 5.73. The Morgan fingerprint density at radius 3 is 2.16 bits per heavy atom. The average Bonchev–Trinajstić information content (AvgIpc) is 2.92. The van der Waals surface area contributed by atoms with Gasteiger partial charge in [0.15, 0.2) is 0 Å². The molecule has 0 bridgehead atoms. The molecule has 0 radical (unpaired) electrons. The summed E-state index contributed by atoms with van der Waals surface area (Å²) in [7, 11) is 0. The van der Waals surface area contributed by atoms with Crippen LogP contribution in [-0.2, 0) is 15.6 Å². The van der Waals surface area contributed by atoms with Crippen LogP contribution in [0.1, 0.15) is 62.0 Å². The van der Waals surface area contributed by atoms with Gasteiger partial charge in [-0.05, 0) is 75.8 Å². The van der Waals surface area contributed by atoms with Crippen LogP contribution in [0.25, 0.3) is 22.3 Å². The smallest absolute Gasteiger partial charge is 0.335 e. The van der Waals surface area contributed by atoms with E-state index in [0.29, 0.717) is 6.61 Å². The maximum Gasteiger partial charge on any atom is 0.335 e. The Bertz CT molecular complexity index is 1300. The Balaban J connectivity index is 1.52. The van der Waals surface area contributed by atoms with E-state index in [4.69, 9.17) is 9.47 Å². The van der Waals surface area contributed by atoms with E-state index < -0.39 is 5.97 Å². The van der Waals surface area contributed by atoms with Crippen molar-refractivity contribution in [3.05, 3.63) is 77.4 Å². The van der Waals surface area contributed by atoms with Gasteiger partial charge in [-0.1, -0.05) is 64.1 Å². The molecule has 0 spiro atoms. The Morgan fingerprint density at radius 1 is 0.842 bits per heavy atom. The van der Waals surface area contributed by atoms with Crippen molar-refractivity contribution in [2.24, 2.45) is 0 Å². The van der Waals surface area contributed by atoms with E-state index in [-0.39, 0.29) is 16.4 Å². The van der Waals surface area contributed by atoms with Crippen LogP contribution >= 0.6 is 0 Å². The highest BCUT2D eigenvalue weighted by molar-refractivity contribution is 5.88. The molecule has 5 heteroatoms. The van der Waals surface area contributed by atoms with Crippen LogP contribution in [0.4, 0.5) is 0 Å². The molecule has 5 nitrogen and oxygen atoms in total. The van der Waals surface area contributed by atoms with Crippen molar-refractivity contribution >= 4 is 5.97 Å². The van der Waals surface area contributed by atoms with Crippen LogP contribution in [0, 0.1) is 0 Å². The summed E-state index contributed by atoms with van der Waals surface area (Å²) in [4.78, 5) is 13.7. The van der Waals surface area contributed by atoms with Gasteiger partial charge in [0.1, 0.15) is 12.4 Å². The highest BCUT2D eigenvalue weighted by atomic mass is 16.5. The number of ether oxygens (including phenoxy) is 2. The van der Waals surface area contributed by atoms with E-state index in [1.54, 1.807) is 12.1 Å². The summed E-state index contributed by atoms with van der Waals surface area (Å²) in [5.74, 6) is -0.0437. The third-order valence-corrected chi connectivity index (χ3v) is 8.38. The van der Waals surface area contributed by atoms with Crippen molar-refractivity contribution in [3.8, 4) is 28.0 Å². The Morgan fingerprint density at radius 2 is 1.47 bits per heavy atom. The minimum Gasteiger partial charge on any atom is -0.492 e. The molecule has 200 valence electrons. The molecule has 0 unspecified atom stereocenters. The fourth-order valence-electron chi connectivity index (χ4n) is 5.73. The largest absolute Gasteiger partial charge is 0.492 e. The lowest BCUT2D eigenvalue weighted by atomic mass is 9.63. The fraction of sp³-hybridized carbons (Fsp3) is 0.424. The molecule has 0 atom stereocenters. The van der Waals surface area contributed by atoms with E-state index in [0.717, 1.165) is 67.3 Å². The number of morpholine rings is 1. The van der Waals surface area contributed by atoms with Gasteiger partial charge in [0.25, 0.3) is 0 Å². The molecule has 1 N–H and O–H groups in total. The molecule has 3 aromatic rings. The van der Waals surface area contributed by atoms with E-state index >= 15 is 0 Å². The number of rotatable bonds is 7. The molecule has 3 aromatic carbocycles. The third kappa shape index (κ3) is 5.50. The van der Waals surface area contributed by atoms with Gasteiger partial charge in [-0.2, -0.15) is 0 Å². The number of hydrogen-bond donors (Lipinski definition) is 1. The number of hydrogen-bond acceptors (Lipinski definition) is 4. The van der Waals surface area contributed by atoms with Gasteiger partial charge >= 0.3 is 5.97 Å². The summed E-state index contributed by atoms with van der Waals surface area (Å²) in [6.45, 7) is 14.3. The van der Waals surface area contributed by atoms with E-state index in [1.165, 1.54) is 17.5 Å². The van der Waals surface area contributed by atoms with Crippen LogP contribution in [-0.4, -0.2) is 55.4 Å². The van der Waals surface area contributed by atoms with Gasteiger partial charge < -0.3 is 14.6 Å². The summed E-state index contributed by atoms with van der Waals surface area (Å²) >= 11 is 0. The number of carbonyl (C=O) groups is 1. The highest BCUT2D eigenvalue weighted by Gasteiger charge is 2.37. The molecule has 0 saturated carbocycles. The van der Waals surface area contributed by atoms with Crippen LogP contribution in [0.15, 0.2) is 60.7 Å². The average molecular weight is 514 g/mol. The molecule has 5 rings (SSSR count). The number of fused-ring (bicyclic) bond motifs is 1. The first-order valence-electron chi connectivity index (χ1n) is 13.7. The van der Waals surface area contributed by atoms with Crippen molar-refractivity contribution in [3.63, 3.8) is 0 Å². The summed E-state index contributed by atoms with van der Waals surface area (Å²) < 4.78 is 11.9. The molecule has 1 aliphatic carbocycles. The second-order valence-electron chi connectivity index (χ2n) is 11.9. The van der Waals surface area contributed by atoms with Crippen molar-refractivity contribution in [2.45, 2.75) is 51.4 Å². The lowest BCUT2D eigenvalue weighted by Crippen LogP contribution is -2.38. The molecule has 2 aliphatic rings. The van der Waals surface area contributed by atoms with Crippen molar-refractivity contribution in [1.29, 1.82) is 0 Å². The Hall–Kier alpha value is -3.15. The SMILES string of the molecule is CC1(C)CCC(C)(C)c2cc(-c3cc(-c4ccc(C(=O)O)cc4)ccc3OCCN3CCOCC3)ccc21. The zero-order valence-electron chi connectivity index (χ0n) is 23.0. The summed E-state index contributed by atoms with van der Waals surface area (Å²) in [6, 6.07) is 20.3. The predicted molar refractivity (Wildman–Crippen MR) is 152 cm³/mol. The molecule has 1 heterocycles. The van der Waals surface area contributed by atoms with Crippen molar-refractivity contribution in [2.75, 3.05) is 39.5 Å². The van der Waals surface area contributed by atoms with Crippen LogP contribution in [0.5, 0.6) is 5.75 Å². The zero-order valence-corrected chi connectivity index (χ0v) is 23.0. The van der Waals surface area contributed by atoms with E-state index in [2.05, 4.69) is 69.0 Å². The third-order valence-electron chi connectivity index (χ3n) is 8.38. The maximum absolute atomic E-state index is 11.3. The lowest BCUT2D eigenvalue weighted by Gasteiger charge is -2.42. The lowest BCUT2D eigenvalue weighted by molar-refractivity contribution is 0.0323. The van der Waals surface area contributed by atoms with Crippen LogP contribution < -0.4 is 4.74 Å². The molecule has 1 fully saturated rings. The van der Waals surface area contributed by atoms with Gasteiger partial charge in [0.05, 0.1) is 18.8 Å². The topological polar surface area (TPSA) is 59.0 Å².